The van der Waals surface area contributed by atoms with Gasteiger partial charge in [0, 0.05) is 52.2 Å². The summed E-state index contributed by atoms with van der Waals surface area (Å²) in [6, 6.07) is 29.8. The summed E-state index contributed by atoms with van der Waals surface area (Å²) in [7, 11) is -1.00. The number of H-pyrrole nitrogens is 2. The van der Waals surface area contributed by atoms with Gasteiger partial charge in [0.05, 0.1) is 42.4 Å². The predicted octanol–water partition coefficient (Wildman–Crippen LogP) is 9.56. The van der Waals surface area contributed by atoms with Crippen LogP contribution < -0.4 is 5.32 Å². The van der Waals surface area contributed by atoms with Gasteiger partial charge in [0.2, 0.25) is 0 Å². The molecule has 2 aliphatic heterocycles. The van der Waals surface area contributed by atoms with E-state index >= 15 is 0 Å². The van der Waals surface area contributed by atoms with E-state index < -0.39 is 24.3 Å². The fourth-order valence-corrected chi connectivity index (χ4v) is 8.45. The van der Waals surface area contributed by atoms with E-state index in [4.69, 9.17) is 15.5 Å². The molecule has 2 aliphatic rings. The van der Waals surface area contributed by atoms with Crippen LogP contribution in [0, 0.1) is 13.8 Å². The van der Waals surface area contributed by atoms with Crippen molar-refractivity contribution in [1.82, 2.24) is 40.9 Å². The van der Waals surface area contributed by atoms with Gasteiger partial charge in [-0.25, -0.2) is 4.79 Å². The van der Waals surface area contributed by atoms with Crippen LogP contribution in [-0.2, 0) is 0 Å². The second-order valence-corrected chi connectivity index (χ2v) is 18.0. The van der Waals surface area contributed by atoms with Crippen molar-refractivity contribution in [3.05, 3.63) is 119 Å². The van der Waals surface area contributed by atoms with Gasteiger partial charge in [0.25, 0.3) is 5.91 Å². The number of fused-ring (bicyclic) bond motifs is 2. The van der Waals surface area contributed by atoms with Crippen molar-refractivity contribution in [2.24, 2.45) is 0 Å². The highest BCUT2D eigenvalue weighted by Crippen LogP contribution is 2.33. The van der Waals surface area contributed by atoms with E-state index in [2.05, 4.69) is 36.0 Å². The number of aromatic carboxylic acids is 1. The molecule has 2 saturated heterocycles. The molecular formula is C51H57FN8O7. The Bertz CT molecular complexity index is 2960. The molecule has 15 nitrogen and oxygen atoms in total. The van der Waals surface area contributed by atoms with Crippen molar-refractivity contribution >= 4 is 33.7 Å². The van der Waals surface area contributed by atoms with Gasteiger partial charge in [-0.3, -0.25) is 19.4 Å². The highest BCUT2D eigenvalue weighted by atomic mass is 19.1. The number of aliphatic hydroxyl groups is 2. The number of hydrogen-bond donors (Lipinski definition) is 6. The van der Waals surface area contributed by atoms with Gasteiger partial charge in [0.15, 0.2) is 11.5 Å². The minimum Gasteiger partial charge on any atom is -0.478 e. The SMILES string of the molecule is CC(C)(O)C1CCCN1.Cc1ccc2c(-c3cc(-c4ccc(C(=O)N5CCCC5C(C)(C)O)cc4)no3)n[nH]c2c1.Cc1ccc2c(-c3cc(-c4ccc(C(=O)O)cc4)no3)n[nH]c2c1.[2H]CF. The molecule has 67 heavy (non-hydrogen) atoms. The van der Waals surface area contributed by atoms with Gasteiger partial charge >= 0.3 is 5.97 Å². The number of nitrogens with one attached hydrogen (secondary N) is 3. The molecule has 0 radical (unpaired) electrons. The lowest BCUT2D eigenvalue weighted by molar-refractivity contribution is 0.000336. The molecule has 2 fully saturated rings. The van der Waals surface area contributed by atoms with E-state index in [0.717, 1.165) is 75.6 Å². The van der Waals surface area contributed by atoms with Crippen LogP contribution in [0.3, 0.4) is 0 Å². The topological polar surface area (TPSA) is 220 Å². The molecular weight excluding hydrogens is 856 g/mol. The minimum absolute atomic E-state index is 0.0553. The van der Waals surface area contributed by atoms with Crippen LogP contribution in [-0.4, -0.2) is 106 Å². The number of carboxylic acids is 1. The maximum absolute atomic E-state index is 13.0. The van der Waals surface area contributed by atoms with Crippen molar-refractivity contribution in [2.45, 2.75) is 90.5 Å². The molecule has 2 atom stereocenters. The molecule has 0 spiro atoms. The number of likely N-dealkylation sites (tertiary alicyclic amines) is 1. The number of nitrogens with zero attached hydrogens (tertiary/aromatic N) is 5. The van der Waals surface area contributed by atoms with Crippen molar-refractivity contribution in [1.29, 1.82) is 0 Å². The van der Waals surface area contributed by atoms with E-state index in [9.17, 15) is 24.2 Å². The number of alkyl halides is 1. The number of rotatable bonds is 8. The zero-order valence-corrected chi connectivity index (χ0v) is 38.4. The van der Waals surface area contributed by atoms with Gasteiger partial charge in [-0.15, -0.1) is 0 Å². The first-order valence-corrected chi connectivity index (χ1v) is 22.1. The van der Waals surface area contributed by atoms with Crippen LogP contribution in [0.1, 0.15) is 86.6 Å². The zero-order chi connectivity index (χ0) is 48.8. The molecule has 6 heterocycles. The summed E-state index contributed by atoms with van der Waals surface area (Å²) < 4.78 is 26.5. The van der Waals surface area contributed by atoms with E-state index in [-0.39, 0.29) is 17.5 Å². The number of carbonyl (C=O) groups excluding carboxylic acids is 1. The first kappa shape index (κ1) is 46.5. The Morgan fingerprint density at radius 2 is 1.21 bits per heavy atom. The van der Waals surface area contributed by atoms with Gasteiger partial charge in [-0.05, 0) is 121 Å². The van der Waals surface area contributed by atoms with Crippen LogP contribution >= 0.6 is 0 Å². The number of aromatic amines is 2. The molecule has 0 saturated carbocycles. The van der Waals surface area contributed by atoms with Crippen LogP contribution in [0.4, 0.5) is 4.39 Å². The van der Waals surface area contributed by atoms with Crippen LogP contribution in [0.2, 0.25) is 0 Å². The Kier molecular flexibility index (Phi) is 14.1. The zero-order valence-electron chi connectivity index (χ0n) is 39.4. The molecule has 350 valence electrons. The molecule has 4 aromatic carbocycles. The summed E-state index contributed by atoms with van der Waals surface area (Å²) >= 11 is 0. The van der Waals surface area contributed by atoms with E-state index in [1.807, 2.05) is 82.3 Å². The standard InChI is InChI=1S/C25H26N4O3.C18H13N3O3.C7H15NO.CH3F/c1-15-6-11-18-20(13-15)26-27-23(18)21-14-19(28-32-21)16-7-9-17(10-8-16)24(30)29-12-4-5-22(29)25(2,3)31;1-10-2-7-13-15(8-10)19-20-17(13)16-9-14(21-24-16)11-3-5-12(6-4-11)18(22)23;1-7(2,9)6-4-3-5-8-6;1-2/h6-11,13-14,22,31H,4-5,12H2,1-3H3,(H,26,27);2-9H,1H3,(H,19,20)(H,22,23);6,8-9H,3-5H2,1-2H3;1H3/i;;;1D. The molecule has 10 rings (SSSR count). The first-order chi connectivity index (χ1) is 32.4. The third-order valence-corrected chi connectivity index (χ3v) is 12.0. The fourth-order valence-electron chi connectivity index (χ4n) is 8.45. The number of aryl methyl sites for hydroxylation is 2. The Balaban J connectivity index is 0.000000166. The van der Waals surface area contributed by atoms with Crippen molar-refractivity contribution in [2.75, 3.05) is 20.2 Å². The van der Waals surface area contributed by atoms with Crippen LogP contribution in [0.5, 0.6) is 0 Å². The Labute approximate surface area is 388 Å². The Morgan fingerprint density at radius 3 is 1.63 bits per heavy atom. The minimum atomic E-state index is -1.00. The monoisotopic (exact) mass is 913 g/mol. The number of amides is 1. The van der Waals surface area contributed by atoms with E-state index in [0.29, 0.717) is 46.8 Å². The summed E-state index contributed by atoms with van der Waals surface area (Å²) in [5, 5.41) is 57.0. The average Bonchev–Trinajstić information content (AvgIpc) is 4.17. The highest BCUT2D eigenvalue weighted by molar-refractivity contribution is 5.96. The summed E-state index contributed by atoms with van der Waals surface area (Å²) in [6.45, 7) is 13.0. The third kappa shape index (κ3) is 11.0. The molecule has 0 aliphatic carbocycles. The third-order valence-electron chi connectivity index (χ3n) is 12.0. The Hall–Kier alpha value is -7.01. The number of aromatic nitrogens is 6. The average molecular weight is 914 g/mol. The second kappa shape index (κ2) is 20.2. The highest BCUT2D eigenvalue weighted by Gasteiger charge is 2.38. The number of carbonyl (C=O) groups is 2. The number of carboxylic acid groups (broad SMARTS) is 1. The van der Waals surface area contributed by atoms with E-state index in [1.165, 1.54) is 6.42 Å². The predicted molar refractivity (Wildman–Crippen MR) is 255 cm³/mol. The number of hydrogen-bond acceptors (Lipinski definition) is 11. The molecule has 8 aromatic rings. The lowest BCUT2D eigenvalue weighted by Crippen LogP contribution is -2.48. The first-order valence-electron chi connectivity index (χ1n) is 22.8. The van der Waals surface area contributed by atoms with Gasteiger partial charge in [-0.1, -0.05) is 58.8 Å². The maximum Gasteiger partial charge on any atom is 0.335 e. The normalized spacial score (nSPS) is 16.1. The van der Waals surface area contributed by atoms with Gasteiger partial charge in [0.1, 0.15) is 22.8 Å². The summed E-state index contributed by atoms with van der Waals surface area (Å²) in [5.41, 5.74) is 7.94. The van der Waals surface area contributed by atoms with Crippen LogP contribution in [0.25, 0.3) is 67.2 Å². The van der Waals surface area contributed by atoms with Crippen LogP contribution in [0.15, 0.2) is 106 Å². The molecule has 1 amide bonds. The van der Waals surface area contributed by atoms with Gasteiger partial charge in [-0.2, -0.15) is 10.2 Å². The summed E-state index contributed by atoms with van der Waals surface area (Å²) in [4.78, 5) is 25.7. The second-order valence-electron chi connectivity index (χ2n) is 18.0. The Morgan fingerprint density at radius 1 is 0.716 bits per heavy atom. The van der Waals surface area contributed by atoms with Gasteiger partial charge < -0.3 is 34.6 Å². The number of halogens is 1. The lowest BCUT2D eigenvalue weighted by Gasteiger charge is -2.33. The smallest absolute Gasteiger partial charge is 0.335 e. The van der Waals surface area contributed by atoms with Crippen molar-refractivity contribution in [3.63, 3.8) is 0 Å². The number of benzene rings is 4. The summed E-state index contributed by atoms with van der Waals surface area (Å²) in [5.74, 6) is 0.128. The largest absolute Gasteiger partial charge is 0.478 e. The van der Waals surface area contributed by atoms with Crippen molar-refractivity contribution in [3.8, 4) is 45.4 Å². The maximum atomic E-state index is 13.0. The quantitative estimate of drug-likeness (QED) is 0.0840. The fraction of sp³-hybridized carbons (Fsp3) is 0.333. The lowest BCUT2D eigenvalue weighted by atomic mass is 9.96. The molecule has 0 bridgehead atoms. The van der Waals surface area contributed by atoms with E-state index in [1.54, 1.807) is 61.2 Å². The van der Waals surface area contributed by atoms with Crippen molar-refractivity contribution < 1.29 is 39.7 Å². The summed E-state index contributed by atoms with van der Waals surface area (Å²) in [6.07, 6.45) is 4.04. The molecule has 2 unspecified atom stereocenters. The molecule has 16 heteroatoms. The molecule has 4 aromatic heterocycles. The molecule has 6 N–H and O–H groups in total.